The molecule has 2 aromatic carbocycles. The summed E-state index contributed by atoms with van der Waals surface area (Å²) in [4.78, 5) is 27.7. The zero-order valence-corrected chi connectivity index (χ0v) is 20.3. The average molecular weight is 457 g/mol. The number of benzene rings is 2. The van der Waals surface area contributed by atoms with Crippen molar-refractivity contribution in [3.8, 4) is 17.2 Å². The maximum absolute atomic E-state index is 13.3. The van der Waals surface area contributed by atoms with Crippen molar-refractivity contribution in [3.63, 3.8) is 0 Å². The maximum Gasteiger partial charge on any atom is 0.242 e. The topological polar surface area (TPSA) is 77.1 Å². The molecule has 0 aliphatic carbocycles. The van der Waals surface area contributed by atoms with E-state index in [-0.39, 0.29) is 18.2 Å². The summed E-state index contributed by atoms with van der Waals surface area (Å²) in [6.07, 6.45) is 2.69. The molecular formula is C26H36N2O5. The van der Waals surface area contributed by atoms with Gasteiger partial charge in [0.1, 0.15) is 11.8 Å². The quantitative estimate of drug-likeness (QED) is 0.462. The molecule has 1 atom stereocenters. The summed E-state index contributed by atoms with van der Waals surface area (Å²) in [5, 5.41) is 2.94. The van der Waals surface area contributed by atoms with Gasteiger partial charge in [-0.1, -0.05) is 31.5 Å². The van der Waals surface area contributed by atoms with Crippen molar-refractivity contribution in [1.29, 1.82) is 0 Å². The van der Waals surface area contributed by atoms with Crippen LogP contribution >= 0.6 is 0 Å². The number of nitrogens with zero attached hydrogens (tertiary/aromatic N) is 1. The van der Waals surface area contributed by atoms with Crippen LogP contribution in [-0.2, 0) is 22.6 Å². The highest BCUT2D eigenvalue weighted by Crippen LogP contribution is 2.28. The van der Waals surface area contributed by atoms with Crippen LogP contribution in [0.4, 0.5) is 0 Å². The lowest BCUT2D eigenvalue weighted by atomic mass is 10.1. The molecule has 7 nitrogen and oxygen atoms in total. The number of aryl methyl sites for hydroxylation is 1. The highest BCUT2D eigenvalue weighted by atomic mass is 16.5. The van der Waals surface area contributed by atoms with Gasteiger partial charge in [0, 0.05) is 19.5 Å². The molecule has 0 saturated heterocycles. The van der Waals surface area contributed by atoms with Crippen LogP contribution in [0.1, 0.15) is 44.2 Å². The summed E-state index contributed by atoms with van der Waals surface area (Å²) in [5.74, 6) is 1.74. The third-order valence-corrected chi connectivity index (χ3v) is 5.56. The van der Waals surface area contributed by atoms with Crippen LogP contribution in [0.3, 0.4) is 0 Å². The van der Waals surface area contributed by atoms with Gasteiger partial charge in [0.05, 0.1) is 21.3 Å². The van der Waals surface area contributed by atoms with E-state index in [0.717, 1.165) is 24.0 Å². The minimum atomic E-state index is -0.592. The van der Waals surface area contributed by atoms with Crippen molar-refractivity contribution < 1.29 is 23.8 Å². The van der Waals surface area contributed by atoms with Gasteiger partial charge in [-0.2, -0.15) is 0 Å². The lowest BCUT2D eigenvalue weighted by Crippen LogP contribution is -2.47. The van der Waals surface area contributed by atoms with Crippen LogP contribution in [0.15, 0.2) is 42.5 Å². The van der Waals surface area contributed by atoms with E-state index in [9.17, 15) is 9.59 Å². The Morgan fingerprint density at radius 3 is 2.39 bits per heavy atom. The monoisotopic (exact) mass is 456 g/mol. The molecule has 0 spiro atoms. The Labute approximate surface area is 197 Å². The Hall–Kier alpha value is -3.22. The molecule has 0 aliphatic heterocycles. The number of hydrogen-bond acceptors (Lipinski definition) is 5. The van der Waals surface area contributed by atoms with Crippen molar-refractivity contribution in [2.75, 3.05) is 27.9 Å². The molecular weight excluding hydrogens is 420 g/mol. The van der Waals surface area contributed by atoms with Gasteiger partial charge in [0.25, 0.3) is 0 Å². The Morgan fingerprint density at radius 2 is 1.73 bits per heavy atom. The van der Waals surface area contributed by atoms with E-state index in [1.54, 1.807) is 33.2 Å². The molecule has 0 fully saturated rings. The van der Waals surface area contributed by atoms with E-state index in [1.807, 2.05) is 42.5 Å². The van der Waals surface area contributed by atoms with Gasteiger partial charge in [0.2, 0.25) is 11.8 Å². The van der Waals surface area contributed by atoms with Crippen molar-refractivity contribution in [1.82, 2.24) is 10.2 Å². The molecule has 0 bridgehead atoms. The predicted molar refractivity (Wildman–Crippen MR) is 129 cm³/mol. The van der Waals surface area contributed by atoms with E-state index in [1.165, 1.54) is 0 Å². The van der Waals surface area contributed by atoms with Gasteiger partial charge in [0.15, 0.2) is 11.5 Å². The second-order valence-corrected chi connectivity index (χ2v) is 7.88. The van der Waals surface area contributed by atoms with Gasteiger partial charge in [-0.05, 0) is 55.2 Å². The first-order chi connectivity index (χ1) is 15.9. The highest BCUT2D eigenvalue weighted by molar-refractivity contribution is 5.87. The summed E-state index contributed by atoms with van der Waals surface area (Å²) in [6, 6.07) is 12.6. The third kappa shape index (κ3) is 7.70. The zero-order valence-electron chi connectivity index (χ0n) is 20.3. The van der Waals surface area contributed by atoms with Gasteiger partial charge >= 0.3 is 0 Å². The van der Waals surface area contributed by atoms with Crippen LogP contribution in [0.25, 0.3) is 0 Å². The minimum absolute atomic E-state index is 0.0919. The number of nitrogens with one attached hydrogen (secondary N) is 1. The maximum atomic E-state index is 13.3. The minimum Gasteiger partial charge on any atom is -0.497 e. The number of unbranched alkanes of at least 4 members (excludes halogenated alkanes) is 1. The number of methoxy groups -OCH3 is 3. The first-order valence-electron chi connectivity index (χ1n) is 11.3. The lowest BCUT2D eigenvalue weighted by molar-refractivity contribution is -0.140. The number of rotatable bonds is 13. The summed E-state index contributed by atoms with van der Waals surface area (Å²) in [5.41, 5.74) is 1.87. The van der Waals surface area contributed by atoms with Gasteiger partial charge < -0.3 is 24.4 Å². The fourth-order valence-electron chi connectivity index (χ4n) is 3.52. The van der Waals surface area contributed by atoms with E-state index in [0.29, 0.717) is 36.8 Å². The number of amides is 2. The fraction of sp³-hybridized carbons (Fsp3) is 0.462. The highest BCUT2D eigenvalue weighted by Gasteiger charge is 2.26. The normalized spacial score (nSPS) is 11.4. The van der Waals surface area contributed by atoms with Crippen molar-refractivity contribution in [2.45, 2.75) is 52.1 Å². The molecule has 0 heterocycles. The zero-order chi connectivity index (χ0) is 24.2. The Bertz CT molecular complexity index is 915. The summed E-state index contributed by atoms with van der Waals surface area (Å²) in [6.45, 7) is 4.77. The third-order valence-electron chi connectivity index (χ3n) is 5.56. The van der Waals surface area contributed by atoms with Gasteiger partial charge in [-0.25, -0.2) is 0 Å². The van der Waals surface area contributed by atoms with E-state index >= 15 is 0 Å². The Kier molecular flexibility index (Phi) is 10.5. The van der Waals surface area contributed by atoms with Gasteiger partial charge in [-0.15, -0.1) is 0 Å². The van der Waals surface area contributed by atoms with Gasteiger partial charge in [-0.3, -0.25) is 9.59 Å². The van der Waals surface area contributed by atoms with Crippen molar-refractivity contribution in [3.05, 3.63) is 53.6 Å². The molecule has 2 rings (SSSR count). The average Bonchev–Trinajstić information content (AvgIpc) is 2.85. The predicted octanol–water partition coefficient (Wildman–Crippen LogP) is 3.98. The fourth-order valence-corrected chi connectivity index (χ4v) is 3.52. The smallest absolute Gasteiger partial charge is 0.242 e. The van der Waals surface area contributed by atoms with Crippen molar-refractivity contribution >= 4 is 11.8 Å². The number of ether oxygens (including phenoxy) is 3. The molecule has 1 N–H and O–H groups in total. The van der Waals surface area contributed by atoms with E-state index < -0.39 is 6.04 Å². The van der Waals surface area contributed by atoms with Crippen LogP contribution in [-0.4, -0.2) is 50.6 Å². The SMILES string of the molecule is CCCCNC(=O)[C@H](C)N(Cc1cccc(OC)c1)C(=O)CCc1ccc(OC)c(OC)c1. The van der Waals surface area contributed by atoms with E-state index in [2.05, 4.69) is 12.2 Å². The van der Waals surface area contributed by atoms with Crippen LogP contribution in [0, 0.1) is 0 Å². The summed E-state index contributed by atoms with van der Waals surface area (Å²) in [7, 11) is 4.78. The second-order valence-electron chi connectivity index (χ2n) is 7.88. The number of carbonyl (C=O) groups is 2. The van der Waals surface area contributed by atoms with Crippen molar-refractivity contribution in [2.24, 2.45) is 0 Å². The molecule has 33 heavy (non-hydrogen) atoms. The lowest BCUT2D eigenvalue weighted by Gasteiger charge is -2.29. The largest absolute Gasteiger partial charge is 0.497 e. The molecule has 2 amide bonds. The first kappa shape index (κ1) is 26.0. The first-order valence-corrected chi connectivity index (χ1v) is 11.3. The summed E-state index contributed by atoms with van der Waals surface area (Å²) >= 11 is 0. The molecule has 0 unspecified atom stereocenters. The molecule has 7 heteroatoms. The second kappa shape index (κ2) is 13.4. The van der Waals surface area contributed by atoms with Crippen LogP contribution in [0.5, 0.6) is 17.2 Å². The Balaban J connectivity index is 2.16. The number of carbonyl (C=O) groups excluding carboxylic acids is 2. The molecule has 0 aliphatic rings. The summed E-state index contributed by atoms with van der Waals surface area (Å²) < 4.78 is 16.0. The molecule has 2 aromatic rings. The van der Waals surface area contributed by atoms with Crippen LogP contribution < -0.4 is 19.5 Å². The molecule has 0 saturated carbocycles. The molecule has 0 radical (unpaired) electrons. The van der Waals surface area contributed by atoms with Crippen LogP contribution in [0.2, 0.25) is 0 Å². The van der Waals surface area contributed by atoms with E-state index in [4.69, 9.17) is 14.2 Å². The molecule has 0 aromatic heterocycles. The number of hydrogen-bond donors (Lipinski definition) is 1. The standard InChI is InChI=1S/C26H36N2O5/c1-6-7-15-27-26(30)19(2)28(18-21-9-8-10-22(16-21)31-3)25(29)14-12-20-11-13-23(32-4)24(17-20)33-5/h8-11,13,16-17,19H,6-7,12,14-15,18H2,1-5H3,(H,27,30)/t19-/m0/s1. The molecule has 180 valence electrons. The Morgan fingerprint density at radius 1 is 0.970 bits per heavy atom.